The largest absolute Gasteiger partial charge is 0.472 e. The van der Waals surface area contributed by atoms with E-state index in [0.29, 0.717) is 12.0 Å². The number of hydrogen-bond donors (Lipinski definition) is 3. The number of cyclic esters (lactones) is 1. The van der Waals surface area contributed by atoms with Crippen LogP contribution in [0.25, 0.3) is 0 Å². The summed E-state index contributed by atoms with van der Waals surface area (Å²) in [6, 6.07) is 1.69. The smallest absolute Gasteiger partial charge is 0.335 e. The van der Waals surface area contributed by atoms with Gasteiger partial charge in [-0.3, -0.25) is 14.4 Å². The molecule has 3 aliphatic carbocycles. The van der Waals surface area contributed by atoms with Gasteiger partial charge in [0.2, 0.25) is 0 Å². The number of hydrogen-bond acceptors (Lipinski definition) is 11. The molecule has 3 saturated carbocycles. The minimum Gasteiger partial charge on any atom is -0.472 e. The predicted octanol–water partition coefficient (Wildman–Crippen LogP) is 1.86. The quantitative estimate of drug-likeness (QED) is 0.247. The number of aliphatic hydroxyl groups excluding tert-OH is 2. The number of esters is 2. The third-order valence-electron chi connectivity index (χ3n) is 11.9. The van der Waals surface area contributed by atoms with Crippen molar-refractivity contribution in [3.8, 4) is 0 Å². The molecule has 11 heteroatoms. The van der Waals surface area contributed by atoms with Crippen LogP contribution in [0, 0.1) is 34.5 Å². The van der Waals surface area contributed by atoms with Crippen molar-refractivity contribution in [1.82, 2.24) is 0 Å². The molecule has 0 aromatic carbocycles. The monoisotopic (exact) mass is 600 g/mol. The van der Waals surface area contributed by atoms with Crippen LogP contribution in [-0.2, 0) is 33.4 Å². The lowest BCUT2D eigenvalue weighted by atomic mass is 9.46. The fourth-order valence-corrected chi connectivity index (χ4v) is 9.44. The van der Waals surface area contributed by atoms with Gasteiger partial charge in [0.15, 0.2) is 17.5 Å². The number of ether oxygens (including phenoxy) is 3. The van der Waals surface area contributed by atoms with E-state index in [9.17, 15) is 34.5 Å². The first kappa shape index (κ1) is 30.2. The highest BCUT2D eigenvalue weighted by atomic mass is 16.6. The maximum absolute atomic E-state index is 14.0. The highest BCUT2D eigenvalue weighted by Gasteiger charge is 2.81. The molecule has 0 bridgehead atoms. The molecule has 2 saturated heterocycles. The Kier molecular flexibility index (Phi) is 6.72. The number of furan rings is 1. The first-order valence-electron chi connectivity index (χ1n) is 15.0. The molecular weight excluding hydrogens is 560 g/mol. The molecule has 2 aliphatic heterocycles. The maximum atomic E-state index is 14.0. The van der Waals surface area contributed by atoms with Crippen LogP contribution in [0.4, 0.5) is 0 Å². The Morgan fingerprint density at radius 3 is 2.51 bits per heavy atom. The van der Waals surface area contributed by atoms with Crippen LogP contribution >= 0.6 is 0 Å². The summed E-state index contributed by atoms with van der Waals surface area (Å²) in [5, 5.41) is 33.9. The second-order valence-electron chi connectivity index (χ2n) is 13.9. The average molecular weight is 601 g/mol. The zero-order valence-corrected chi connectivity index (χ0v) is 25.1. The van der Waals surface area contributed by atoms with Gasteiger partial charge in [0.1, 0.15) is 29.5 Å². The van der Waals surface area contributed by atoms with E-state index < -0.39 is 106 Å². The predicted molar refractivity (Wildman–Crippen MR) is 147 cm³/mol. The van der Waals surface area contributed by atoms with E-state index in [1.807, 2.05) is 6.92 Å². The van der Waals surface area contributed by atoms with Crippen molar-refractivity contribution in [2.24, 2.45) is 34.5 Å². The van der Waals surface area contributed by atoms with Gasteiger partial charge in [-0.25, -0.2) is 4.79 Å². The third-order valence-corrected chi connectivity index (χ3v) is 11.9. The van der Waals surface area contributed by atoms with Crippen LogP contribution < -0.4 is 0 Å². The lowest BCUT2D eigenvalue weighted by Gasteiger charge is -2.58. The SMILES string of the molecule is C=C1[C@@H]2[C@@H](O[C@H]3CC(=O)[C@H]4C(=O)O[C@](C)(CO)[C@H]4[C@]32C)[C@H](OC(=O)[C@H](O)[C@H](C)CC)[C@@]2(C)[C@H](c3ccoc3)CC(=O)[C@]12O. The molecule has 11 nitrogen and oxygen atoms in total. The van der Waals surface area contributed by atoms with Gasteiger partial charge in [-0.1, -0.05) is 40.7 Å². The molecule has 6 rings (SSSR count). The van der Waals surface area contributed by atoms with E-state index in [4.69, 9.17) is 18.6 Å². The zero-order chi connectivity index (χ0) is 31.4. The number of carbonyl (C=O) groups excluding carboxylic acids is 4. The standard InChI is InChI=1S/C32H40O11/c1-7-14(2)23(36)28(38)42-26-24-22(15(3)32(39)19(35)10-17(31(26,32)6)16-8-9-40-12-16)30(5)20(41-24)11-18(34)21-25(30)29(4,13-33)43-27(21)37/h8-9,12,14,17,20-26,33,36,39H,3,7,10-11,13H2,1-2,4-6H3/t14-,17+,20+,21-,22-,23-,24-,25+,26+,29-,30-,31-,32-/m1/s1. The van der Waals surface area contributed by atoms with E-state index in [1.54, 1.807) is 33.8 Å². The second kappa shape index (κ2) is 9.57. The van der Waals surface area contributed by atoms with E-state index in [1.165, 1.54) is 12.5 Å². The van der Waals surface area contributed by atoms with Crippen LogP contribution in [0.15, 0.2) is 35.2 Å². The van der Waals surface area contributed by atoms with Gasteiger partial charge in [0.25, 0.3) is 0 Å². The molecule has 0 amide bonds. The van der Waals surface area contributed by atoms with Crippen molar-refractivity contribution in [2.75, 3.05) is 6.61 Å². The molecule has 1 aromatic heterocycles. The summed E-state index contributed by atoms with van der Waals surface area (Å²) in [5.41, 5.74) is -5.56. The molecule has 3 N–H and O–H groups in total. The Bertz CT molecular complexity index is 1390. The first-order valence-corrected chi connectivity index (χ1v) is 15.0. The second-order valence-corrected chi connectivity index (χ2v) is 13.9. The van der Waals surface area contributed by atoms with E-state index >= 15 is 0 Å². The number of fused-ring (bicyclic) bond motifs is 6. The fraction of sp³-hybridized carbons (Fsp3) is 0.688. The molecule has 0 spiro atoms. The fourth-order valence-electron chi connectivity index (χ4n) is 9.44. The highest BCUT2D eigenvalue weighted by molar-refractivity contribution is 6.02. The average Bonchev–Trinajstić information content (AvgIpc) is 3.71. The summed E-state index contributed by atoms with van der Waals surface area (Å²) in [6.07, 6.45) is -1.42. The van der Waals surface area contributed by atoms with Crippen LogP contribution in [0.1, 0.15) is 65.4 Å². The van der Waals surface area contributed by atoms with Crippen molar-refractivity contribution >= 4 is 23.5 Å². The van der Waals surface area contributed by atoms with Crippen LogP contribution in [-0.4, -0.2) is 81.0 Å². The van der Waals surface area contributed by atoms with Gasteiger partial charge < -0.3 is 33.9 Å². The van der Waals surface area contributed by atoms with E-state index in [0.717, 1.165) is 0 Å². The summed E-state index contributed by atoms with van der Waals surface area (Å²) < 4.78 is 23.8. The van der Waals surface area contributed by atoms with Crippen LogP contribution in [0.2, 0.25) is 0 Å². The van der Waals surface area contributed by atoms with Crippen LogP contribution in [0.3, 0.4) is 0 Å². The molecule has 1 aromatic rings. The topological polar surface area (TPSA) is 170 Å². The van der Waals surface area contributed by atoms with Gasteiger partial charge in [-0.2, -0.15) is 0 Å². The molecule has 43 heavy (non-hydrogen) atoms. The minimum absolute atomic E-state index is 0.104. The summed E-state index contributed by atoms with van der Waals surface area (Å²) >= 11 is 0. The first-order chi connectivity index (χ1) is 20.1. The lowest BCUT2D eigenvalue weighted by molar-refractivity contribution is -0.212. The number of carbonyl (C=O) groups is 4. The molecular formula is C32H40O11. The summed E-state index contributed by atoms with van der Waals surface area (Å²) in [4.78, 5) is 53.9. The normalized spacial score (nSPS) is 46.5. The number of aliphatic hydroxyl groups is 3. The van der Waals surface area contributed by atoms with Gasteiger partial charge in [-0.15, -0.1) is 0 Å². The van der Waals surface area contributed by atoms with Crippen molar-refractivity contribution in [3.63, 3.8) is 0 Å². The van der Waals surface area contributed by atoms with Crippen LogP contribution in [0.5, 0.6) is 0 Å². The highest BCUT2D eigenvalue weighted by Crippen LogP contribution is 2.72. The lowest BCUT2D eigenvalue weighted by Crippen LogP contribution is -2.69. The minimum atomic E-state index is -2.21. The number of rotatable bonds is 6. The van der Waals surface area contributed by atoms with E-state index in [-0.39, 0.29) is 18.4 Å². The third kappa shape index (κ3) is 3.56. The summed E-state index contributed by atoms with van der Waals surface area (Å²) in [6.45, 7) is 12.3. The Balaban J connectivity index is 1.54. The summed E-state index contributed by atoms with van der Waals surface area (Å²) in [5.74, 6) is -6.63. The van der Waals surface area contributed by atoms with Crippen molar-refractivity contribution in [2.45, 2.75) is 95.4 Å². The molecule has 234 valence electrons. The van der Waals surface area contributed by atoms with Gasteiger partial charge in [-0.05, 0) is 30.0 Å². The summed E-state index contributed by atoms with van der Waals surface area (Å²) in [7, 11) is 0. The van der Waals surface area contributed by atoms with Gasteiger partial charge in [0.05, 0.1) is 30.7 Å². The molecule has 0 unspecified atom stereocenters. The Labute approximate surface area is 249 Å². The molecule has 3 heterocycles. The number of Topliss-reactive ketones (excluding diaryl/α,β-unsaturated/α-hetero) is 2. The Morgan fingerprint density at radius 1 is 1.21 bits per heavy atom. The van der Waals surface area contributed by atoms with Crippen molar-refractivity contribution in [3.05, 3.63) is 36.3 Å². The van der Waals surface area contributed by atoms with Gasteiger partial charge in [0, 0.05) is 36.0 Å². The van der Waals surface area contributed by atoms with Crippen molar-refractivity contribution < 1.29 is 53.1 Å². The van der Waals surface area contributed by atoms with E-state index in [2.05, 4.69) is 6.58 Å². The maximum Gasteiger partial charge on any atom is 0.335 e. The molecule has 5 aliphatic rings. The Morgan fingerprint density at radius 2 is 1.91 bits per heavy atom. The van der Waals surface area contributed by atoms with Gasteiger partial charge >= 0.3 is 11.9 Å². The Hall–Kier alpha value is -2.86. The molecule has 0 radical (unpaired) electrons. The van der Waals surface area contributed by atoms with Crippen molar-refractivity contribution in [1.29, 1.82) is 0 Å². The molecule has 13 atom stereocenters. The molecule has 5 fully saturated rings. The number of ketones is 2. The zero-order valence-electron chi connectivity index (χ0n) is 25.1.